The zero-order valence-corrected chi connectivity index (χ0v) is 24.8. The van der Waals surface area contributed by atoms with Crippen molar-refractivity contribution >= 4 is 39.1 Å². The fourth-order valence-corrected chi connectivity index (χ4v) is 5.67. The second-order valence-electron chi connectivity index (χ2n) is 9.05. The van der Waals surface area contributed by atoms with Crippen molar-refractivity contribution in [2.45, 2.75) is 38.3 Å². The Kier molecular flexibility index (Phi) is 10.4. The number of halogens is 1. The average Bonchev–Trinajstić information content (AvgIpc) is 2.94. The van der Waals surface area contributed by atoms with Crippen LogP contribution in [0.5, 0.6) is 11.5 Å². The third-order valence-corrected chi connectivity index (χ3v) is 8.50. The molecule has 0 aliphatic rings. The predicted molar refractivity (Wildman–Crippen MR) is 155 cm³/mol. The Bertz CT molecular complexity index is 1450. The molecular formula is C29H34ClN3O6S. The molecule has 3 rings (SSSR count). The molecule has 0 bridgehead atoms. The number of hydrogen-bond donors (Lipinski definition) is 1. The van der Waals surface area contributed by atoms with E-state index in [1.54, 1.807) is 62.4 Å². The standard InChI is InChI=1S/C29H34ClN3O6S/c1-6-31-29(35)21(3)32(18-22-9-7-8-10-25(22)30)28(34)19-33(26-17-23(38-4)13-16-27(26)39-5)40(36,37)24-14-11-20(2)12-15-24/h7-17,21H,6,18-19H2,1-5H3,(H,31,35). The van der Waals surface area contributed by atoms with E-state index in [4.69, 9.17) is 21.1 Å². The van der Waals surface area contributed by atoms with E-state index in [1.807, 2.05) is 6.92 Å². The number of rotatable bonds is 12. The first-order valence-electron chi connectivity index (χ1n) is 12.7. The van der Waals surface area contributed by atoms with Gasteiger partial charge in [0.1, 0.15) is 24.1 Å². The molecule has 1 unspecified atom stereocenters. The van der Waals surface area contributed by atoms with Crippen molar-refractivity contribution in [1.29, 1.82) is 0 Å². The van der Waals surface area contributed by atoms with Crippen molar-refractivity contribution in [2.75, 3.05) is 31.6 Å². The summed E-state index contributed by atoms with van der Waals surface area (Å²) in [5.41, 5.74) is 1.60. The molecule has 214 valence electrons. The molecule has 40 heavy (non-hydrogen) atoms. The number of methoxy groups -OCH3 is 2. The number of anilines is 1. The van der Waals surface area contributed by atoms with Gasteiger partial charge in [0.25, 0.3) is 10.0 Å². The number of sulfonamides is 1. The second-order valence-corrected chi connectivity index (χ2v) is 11.3. The molecule has 11 heteroatoms. The summed E-state index contributed by atoms with van der Waals surface area (Å²) >= 11 is 6.38. The third kappa shape index (κ3) is 7.05. The molecule has 0 aromatic heterocycles. The lowest BCUT2D eigenvalue weighted by molar-refractivity contribution is -0.139. The van der Waals surface area contributed by atoms with Gasteiger partial charge in [-0.3, -0.25) is 13.9 Å². The highest BCUT2D eigenvalue weighted by Gasteiger charge is 2.34. The summed E-state index contributed by atoms with van der Waals surface area (Å²) < 4.78 is 39.9. The minimum Gasteiger partial charge on any atom is -0.497 e. The number of aryl methyl sites for hydroxylation is 1. The SMILES string of the molecule is CCNC(=O)C(C)N(Cc1ccccc1Cl)C(=O)CN(c1cc(OC)ccc1OC)S(=O)(=O)c1ccc(C)cc1. The Morgan fingerprint density at radius 3 is 2.27 bits per heavy atom. The Labute approximate surface area is 240 Å². The van der Waals surface area contributed by atoms with E-state index in [9.17, 15) is 18.0 Å². The van der Waals surface area contributed by atoms with Crippen molar-refractivity contribution in [3.05, 3.63) is 82.9 Å². The van der Waals surface area contributed by atoms with Gasteiger partial charge in [0, 0.05) is 24.2 Å². The minimum atomic E-state index is -4.27. The maximum atomic E-state index is 14.0. The second kappa shape index (κ2) is 13.5. The number of benzene rings is 3. The summed E-state index contributed by atoms with van der Waals surface area (Å²) in [5.74, 6) is -0.399. The average molecular weight is 588 g/mol. The lowest BCUT2D eigenvalue weighted by Gasteiger charge is -2.32. The molecule has 0 saturated carbocycles. The van der Waals surface area contributed by atoms with Crippen LogP contribution in [0.2, 0.25) is 5.02 Å². The number of ether oxygens (including phenoxy) is 2. The van der Waals surface area contributed by atoms with Crippen LogP contribution in [0.1, 0.15) is 25.0 Å². The number of amides is 2. The van der Waals surface area contributed by atoms with E-state index in [-0.39, 0.29) is 28.8 Å². The summed E-state index contributed by atoms with van der Waals surface area (Å²) in [6.45, 7) is 4.95. The number of carbonyl (C=O) groups is 2. The molecule has 0 aliphatic heterocycles. The minimum absolute atomic E-state index is 0.00907. The van der Waals surface area contributed by atoms with Gasteiger partial charge < -0.3 is 19.7 Å². The maximum absolute atomic E-state index is 14.0. The van der Waals surface area contributed by atoms with Gasteiger partial charge in [0.05, 0.1) is 24.8 Å². The van der Waals surface area contributed by atoms with Gasteiger partial charge in [-0.1, -0.05) is 47.5 Å². The summed E-state index contributed by atoms with van der Waals surface area (Å²) in [6, 6.07) is 17.0. The molecule has 2 amide bonds. The molecule has 1 N–H and O–H groups in total. The highest BCUT2D eigenvalue weighted by molar-refractivity contribution is 7.92. The molecule has 3 aromatic carbocycles. The highest BCUT2D eigenvalue weighted by Crippen LogP contribution is 2.36. The topological polar surface area (TPSA) is 105 Å². The predicted octanol–water partition coefficient (Wildman–Crippen LogP) is 4.41. The Morgan fingerprint density at radius 2 is 1.68 bits per heavy atom. The van der Waals surface area contributed by atoms with Crippen molar-refractivity contribution in [1.82, 2.24) is 10.2 Å². The number of carbonyl (C=O) groups excluding carboxylic acids is 2. The van der Waals surface area contributed by atoms with Crippen LogP contribution in [0.3, 0.4) is 0 Å². The lowest BCUT2D eigenvalue weighted by Crippen LogP contribution is -2.51. The maximum Gasteiger partial charge on any atom is 0.264 e. The van der Waals surface area contributed by atoms with Crippen molar-refractivity contribution < 1.29 is 27.5 Å². The number of hydrogen-bond acceptors (Lipinski definition) is 6. The number of nitrogens with zero attached hydrogens (tertiary/aromatic N) is 2. The molecular weight excluding hydrogens is 554 g/mol. The molecule has 0 spiro atoms. The first-order chi connectivity index (χ1) is 19.0. The van der Waals surface area contributed by atoms with E-state index in [0.29, 0.717) is 22.9 Å². The fraction of sp³-hybridized carbons (Fsp3) is 0.310. The molecule has 0 aliphatic carbocycles. The Balaban J connectivity index is 2.13. The smallest absolute Gasteiger partial charge is 0.264 e. The van der Waals surface area contributed by atoms with E-state index in [2.05, 4.69) is 5.32 Å². The van der Waals surface area contributed by atoms with Crippen LogP contribution in [0.4, 0.5) is 5.69 Å². The van der Waals surface area contributed by atoms with E-state index >= 15 is 0 Å². The van der Waals surface area contributed by atoms with E-state index in [1.165, 1.54) is 37.3 Å². The number of likely N-dealkylation sites (N-methyl/N-ethyl adjacent to an activating group) is 1. The van der Waals surface area contributed by atoms with Gasteiger partial charge in [-0.25, -0.2) is 8.42 Å². The summed E-state index contributed by atoms with van der Waals surface area (Å²) in [5, 5.41) is 3.15. The van der Waals surface area contributed by atoms with Crippen LogP contribution in [-0.2, 0) is 26.2 Å². The van der Waals surface area contributed by atoms with Gasteiger partial charge in [-0.2, -0.15) is 0 Å². The lowest BCUT2D eigenvalue weighted by atomic mass is 10.1. The Morgan fingerprint density at radius 1 is 1.00 bits per heavy atom. The molecule has 3 aromatic rings. The van der Waals surface area contributed by atoms with Crippen molar-refractivity contribution in [2.24, 2.45) is 0 Å². The third-order valence-electron chi connectivity index (χ3n) is 6.36. The Hall–Kier alpha value is -3.76. The zero-order chi connectivity index (χ0) is 29.4. The van der Waals surface area contributed by atoms with Crippen LogP contribution < -0.4 is 19.1 Å². The van der Waals surface area contributed by atoms with Gasteiger partial charge in [0.2, 0.25) is 11.8 Å². The molecule has 9 nitrogen and oxygen atoms in total. The van der Waals surface area contributed by atoms with Crippen LogP contribution in [0.25, 0.3) is 0 Å². The quantitative estimate of drug-likeness (QED) is 0.336. The van der Waals surface area contributed by atoms with Gasteiger partial charge in [-0.15, -0.1) is 0 Å². The summed E-state index contributed by atoms with van der Waals surface area (Å²) in [6.07, 6.45) is 0. The molecule has 1 atom stereocenters. The van der Waals surface area contributed by atoms with Crippen LogP contribution in [0.15, 0.2) is 71.6 Å². The zero-order valence-electron chi connectivity index (χ0n) is 23.2. The van der Waals surface area contributed by atoms with Crippen LogP contribution in [-0.4, -0.2) is 58.5 Å². The molecule has 0 saturated heterocycles. The first kappa shape index (κ1) is 30.8. The van der Waals surface area contributed by atoms with Gasteiger partial charge in [0.15, 0.2) is 0 Å². The van der Waals surface area contributed by atoms with E-state index < -0.39 is 28.5 Å². The molecule has 0 heterocycles. The number of nitrogens with one attached hydrogen (secondary N) is 1. The normalized spacial score (nSPS) is 11.8. The summed E-state index contributed by atoms with van der Waals surface area (Å²) in [4.78, 5) is 28.2. The van der Waals surface area contributed by atoms with Crippen LogP contribution in [0, 0.1) is 6.92 Å². The molecule has 0 radical (unpaired) electrons. The molecule has 0 fully saturated rings. The largest absolute Gasteiger partial charge is 0.497 e. The highest BCUT2D eigenvalue weighted by atomic mass is 35.5. The first-order valence-corrected chi connectivity index (χ1v) is 14.5. The van der Waals surface area contributed by atoms with E-state index in [0.717, 1.165) is 9.87 Å². The fourth-order valence-electron chi connectivity index (χ4n) is 4.06. The van der Waals surface area contributed by atoms with Crippen molar-refractivity contribution in [3.8, 4) is 11.5 Å². The summed E-state index contributed by atoms with van der Waals surface area (Å²) in [7, 11) is -1.41. The van der Waals surface area contributed by atoms with Gasteiger partial charge in [-0.05, 0) is 56.7 Å². The monoisotopic (exact) mass is 587 g/mol. The van der Waals surface area contributed by atoms with Crippen LogP contribution >= 0.6 is 11.6 Å². The van der Waals surface area contributed by atoms with Gasteiger partial charge >= 0.3 is 0 Å². The van der Waals surface area contributed by atoms with Crippen molar-refractivity contribution in [3.63, 3.8) is 0 Å².